The van der Waals surface area contributed by atoms with Gasteiger partial charge in [0.05, 0.1) is 0 Å². The third-order valence-corrected chi connectivity index (χ3v) is 12.6. The number of carbonyl (C=O) groups excluding carboxylic acids is 3. The van der Waals surface area contributed by atoms with Gasteiger partial charge in [0, 0.05) is 19.3 Å². The highest BCUT2D eigenvalue weighted by atomic mass is 16.6. The zero-order valence-corrected chi connectivity index (χ0v) is 44.0. The van der Waals surface area contributed by atoms with E-state index in [2.05, 4.69) is 69.4 Å². The first-order valence-electron chi connectivity index (χ1n) is 28.7. The van der Waals surface area contributed by atoms with Crippen molar-refractivity contribution in [2.24, 2.45) is 0 Å². The first-order valence-corrected chi connectivity index (χ1v) is 28.7. The van der Waals surface area contributed by atoms with Crippen molar-refractivity contribution in [3.05, 3.63) is 48.6 Å². The van der Waals surface area contributed by atoms with Crippen LogP contribution in [0.4, 0.5) is 0 Å². The second-order valence-electron chi connectivity index (χ2n) is 19.3. The van der Waals surface area contributed by atoms with Crippen molar-refractivity contribution in [2.75, 3.05) is 13.2 Å². The van der Waals surface area contributed by atoms with E-state index >= 15 is 0 Å². The molecule has 0 aliphatic rings. The summed E-state index contributed by atoms with van der Waals surface area (Å²) < 4.78 is 16.8. The molecule has 1 unspecified atom stereocenters. The number of hydrogen-bond donors (Lipinski definition) is 0. The van der Waals surface area contributed by atoms with Crippen molar-refractivity contribution in [3.8, 4) is 0 Å². The van der Waals surface area contributed by atoms with E-state index in [1.807, 2.05) is 0 Å². The number of hydrogen-bond acceptors (Lipinski definition) is 6. The molecule has 6 heteroatoms. The van der Waals surface area contributed by atoms with E-state index in [9.17, 15) is 14.4 Å². The molecule has 6 nitrogen and oxygen atoms in total. The van der Waals surface area contributed by atoms with Crippen LogP contribution in [0.15, 0.2) is 48.6 Å². The molecule has 0 amide bonds. The number of rotatable bonds is 52. The number of allylic oxidation sites excluding steroid dienone is 8. The minimum atomic E-state index is -0.783. The van der Waals surface area contributed by atoms with Crippen molar-refractivity contribution in [1.82, 2.24) is 0 Å². The summed E-state index contributed by atoms with van der Waals surface area (Å²) in [6.07, 6.45) is 66.7. The number of carbonyl (C=O) groups is 3. The van der Waals surface area contributed by atoms with Crippen LogP contribution in [0.1, 0.15) is 297 Å². The van der Waals surface area contributed by atoms with E-state index in [1.165, 1.54) is 167 Å². The van der Waals surface area contributed by atoms with Gasteiger partial charge >= 0.3 is 17.9 Å². The van der Waals surface area contributed by atoms with Gasteiger partial charge in [0.15, 0.2) is 6.10 Å². The van der Waals surface area contributed by atoms with Crippen molar-refractivity contribution in [2.45, 2.75) is 303 Å². The van der Waals surface area contributed by atoms with Gasteiger partial charge in [-0.2, -0.15) is 0 Å². The zero-order valence-electron chi connectivity index (χ0n) is 44.0. The fraction of sp³-hybridized carbons (Fsp3) is 0.817. The molecule has 0 N–H and O–H groups in total. The van der Waals surface area contributed by atoms with Crippen molar-refractivity contribution in [1.29, 1.82) is 0 Å². The van der Waals surface area contributed by atoms with Crippen LogP contribution in [0.2, 0.25) is 0 Å². The summed E-state index contributed by atoms with van der Waals surface area (Å²) >= 11 is 0. The first-order chi connectivity index (χ1) is 32.5. The Labute approximate surface area is 409 Å². The normalized spacial score (nSPS) is 12.3. The van der Waals surface area contributed by atoms with E-state index in [-0.39, 0.29) is 31.1 Å². The van der Waals surface area contributed by atoms with Crippen LogP contribution in [0.5, 0.6) is 0 Å². The molecule has 0 rings (SSSR count). The maximum atomic E-state index is 12.8. The molecule has 0 radical (unpaired) electrons. The van der Waals surface area contributed by atoms with Crippen molar-refractivity contribution in [3.63, 3.8) is 0 Å². The Morgan fingerprint density at radius 1 is 0.303 bits per heavy atom. The molecule has 0 bridgehead atoms. The van der Waals surface area contributed by atoms with Gasteiger partial charge < -0.3 is 14.2 Å². The van der Waals surface area contributed by atoms with Gasteiger partial charge in [-0.05, 0) is 70.6 Å². The molecule has 0 aliphatic carbocycles. The van der Waals surface area contributed by atoms with Gasteiger partial charge in [-0.3, -0.25) is 14.4 Å². The summed E-state index contributed by atoms with van der Waals surface area (Å²) in [7, 11) is 0. The standard InChI is InChI=1S/C60H108O6/c1-4-7-10-13-16-19-22-25-27-29-31-33-35-38-41-44-47-50-53-59(62)65-56-57(55-64-58(61)52-49-46-43-40-37-24-21-18-15-12-9-6-3)66-60(63)54-51-48-45-42-39-36-34-32-30-28-26-23-20-17-14-11-8-5-2/h22,25,27,29,31-34,57H,4-21,23-24,26,28,30,35-56H2,1-3H3/b25-22-,29-27-,33-31-,34-32-. The summed E-state index contributed by atoms with van der Waals surface area (Å²) in [5.74, 6) is -0.896. The summed E-state index contributed by atoms with van der Waals surface area (Å²) in [6.45, 7) is 6.63. The van der Waals surface area contributed by atoms with E-state index in [0.29, 0.717) is 19.3 Å². The molecule has 66 heavy (non-hydrogen) atoms. The monoisotopic (exact) mass is 925 g/mol. The average molecular weight is 926 g/mol. The maximum absolute atomic E-state index is 12.8. The molecule has 0 aromatic carbocycles. The van der Waals surface area contributed by atoms with Crippen LogP contribution in [0, 0.1) is 0 Å². The SMILES string of the molecule is CCCCCCC\C=C/C=C\C=C/CCCCCCCC(=O)OCC(COC(=O)CCCCCCCCCCCCCC)OC(=O)CCCCCCC/C=C\CCCCCCCCCCC. The molecule has 0 aromatic heterocycles. The van der Waals surface area contributed by atoms with Gasteiger partial charge in [0.25, 0.3) is 0 Å². The third-order valence-electron chi connectivity index (χ3n) is 12.6. The van der Waals surface area contributed by atoms with Gasteiger partial charge in [0.2, 0.25) is 0 Å². The summed E-state index contributed by atoms with van der Waals surface area (Å²) in [5.41, 5.74) is 0. The lowest BCUT2D eigenvalue weighted by atomic mass is 10.0. The lowest BCUT2D eigenvalue weighted by molar-refractivity contribution is -0.167. The fourth-order valence-corrected chi connectivity index (χ4v) is 8.26. The Hall–Kier alpha value is -2.63. The minimum Gasteiger partial charge on any atom is -0.462 e. The number of unbranched alkanes of at least 4 members (excludes halogenated alkanes) is 35. The molecule has 0 saturated heterocycles. The molecule has 0 saturated carbocycles. The largest absolute Gasteiger partial charge is 0.462 e. The average Bonchev–Trinajstić information content (AvgIpc) is 3.31. The van der Waals surface area contributed by atoms with E-state index in [0.717, 1.165) is 89.9 Å². The van der Waals surface area contributed by atoms with Crippen molar-refractivity contribution >= 4 is 17.9 Å². The molecular weight excluding hydrogens is 817 g/mol. The smallest absolute Gasteiger partial charge is 0.306 e. The second kappa shape index (κ2) is 55.0. The van der Waals surface area contributed by atoms with Gasteiger partial charge in [0.1, 0.15) is 13.2 Å². The fourth-order valence-electron chi connectivity index (χ4n) is 8.26. The predicted octanol–water partition coefficient (Wildman–Crippen LogP) is 19.0. The van der Waals surface area contributed by atoms with Crippen LogP contribution >= 0.6 is 0 Å². The zero-order chi connectivity index (χ0) is 47.9. The lowest BCUT2D eigenvalue weighted by Gasteiger charge is -2.18. The van der Waals surface area contributed by atoms with E-state index in [1.54, 1.807) is 0 Å². The van der Waals surface area contributed by atoms with Gasteiger partial charge in [-0.15, -0.1) is 0 Å². The number of ether oxygens (including phenoxy) is 3. The summed E-state index contributed by atoms with van der Waals surface area (Å²) in [6, 6.07) is 0. The van der Waals surface area contributed by atoms with Crippen LogP contribution in [0.25, 0.3) is 0 Å². The van der Waals surface area contributed by atoms with Crippen LogP contribution in [-0.2, 0) is 28.6 Å². The highest BCUT2D eigenvalue weighted by Crippen LogP contribution is 2.16. The van der Waals surface area contributed by atoms with Gasteiger partial charge in [-0.1, -0.05) is 256 Å². The first kappa shape index (κ1) is 63.4. The Bertz CT molecular complexity index is 1150. The topological polar surface area (TPSA) is 78.9 Å². The second-order valence-corrected chi connectivity index (χ2v) is 19.3. The molecule has 1 atom stereocenters. The molecule has 0 aromatic rings. The summed E-state index contributed by atoms with van der Waals surface area (Å²) in [4.78, 5) is 38.1. The molecule has 0 spiro atoms. The Kier molecular flexibility index (Phi) is 52.8. The van der Waals surface area contributed by atoms with E-state index in [4.69, 9.17) is 14.2 Å². The van der Waals surface area contributed by atoms with Crippen LogP contribution in [0.3, 0.4) is 0 Å². The Morgan fingerprint density at radius 2 is 0.561 bits per heavy atom. The highest BCUT2D eigenvalue weighted by Gasteiger charge is 2.19. The maximum Gasteiger partial charge on any atom is 0.306 e. The molecular formula is C60H108O6. The number of esters is 3. The molecule has 0 fully saturated rings. The quantitative estimate of drug-likeness (QED) is 0.0199. The highest BCUT2D eigenvalue weighted by molar-refractivity contribution is 5.71. The molecule has 384 valence electrons. The van der Waals surface area contributed by atoms with Crippen LogP contribution < -0.4 is 0 Å². The van der Waals surface area contributed by atoms with Gasteiger partial charge in [-0.25, -0.2) is 0 Å². The summed E-state index contributed by atoms with van der Waals surface area (Å²) in [5, 5.41) is 0. The Balaban J connectivity index is 4.39. The van der Waals surface area contributed by atoms with Crippen molar-refractivity contribution < 1.29 is 28.6 Å². The Morgan fingerprint density at radius 3 is 0.879 bits per heavy atom. The molecule has 0 aliphatic heterocycles. The predicted molar refractivity (Wildman–Crippen MR) is 284 cm³/mol. The molecule has 0 heterocycles. The lowest BCUT2D eigenvalue weighted by Crippen LogP contribution is -2.30. The minimum absolute atomic E-state index is 0.0805. The van der Waals surface area contributed by atoms with Crippen LogP contribution in [-0.4, -0.2) is 37.2 Å². The van der Waals surface area contributed by atoms with E-state index < -0.39 is 6.10 Å². The third kappa shape index (κ3) is 52.3.